The van der Waals surface area contributed by atoms with E-state index in [1.54, 1.807) is 6.08 Å². The monoisotopic (exact) mass is 152 g/mol. The molecule has 0 bridgehead atoms. The zero-order chi connectivity index (χ0) is 8.53. The topological polar surface area (TPSA) is 9.23 Å². The van der Waals surface area contributed by atoms with Crippen LogP contribution in [0.2, 0.25) is 0 Å². The fourth-order valence-corrected chi connectivity index (χ4v) is 0.695. The average molecular weight is 152 g/mol. The lowest BCUT2D eigenvalue weighted by Gasteiger charge is -2.03. The number of rotatable bonds is 5. The van der Waals surface area contributed by atoms with Crippen molar-refractivity contribution in [2.75, 3.05) is 6.61 Å². The maximum Gasteiger partial charge on any atom is 0.0956 e. The summed E-state index contributed by atoms with van der Waals surface area (Å²) in [5.41, 5.74) is 0. The van der Waals surface area contributed by atoms with Gasteiger partial charge in [-0.2, -0.15) is 0 Å². The Labute approximate surface area is 69.1 Å². The molecule has 11 heavy (non-hydrogen) atoms. The predicted molar refractivity (Wildman–Crippen MR) is 49.3 cm³/mol. The van der Waals surface area contributed by atoms with Crippen molar-refractivity contribution in [3.8, 4) is 0 Å². The van der Waals surface area contributed by atoms with E-state index in [1.807, 2.05) is 25.2 Å². The Balaban J connectivity index is 3.88. The van der Waals surface area contributed by atoms with Crippen LogP contribution in [0.4, 0.5) is 0 Å². The molecule has 0 N–H and O–H groups in total. The van der Waals surface area contributed by atoms with Gasteiger partial charge in [0.05, 0.1) is 12.4 Å². The lowest BCUT2D eigenvalue weighted by Crippen LogP contribution is -1.88. The number of hydrogen-bond donors (Lipinski definition) is 0. The van der Waals surface area contributed by atoms with Crippen LogP contribution < -0.4 is 0 Å². The van der Waals surface area contributed by atoms with E-state index in [1.165, 1.54) is 0 Å². The molecule has 0 atom stereocenters. The van der Waals surface area contributed by atoms with Gasteiger partial charge in [0.15, 0.2) is 0 Å². The molecule has 0 aliphatic carbocycles. The van der Waals surface area contributed by atoms with Gasteiger partial charge < -0.3 is 4.74 Å². The lowest BCUT2D eigenvalue weighted by molar-refractivity contribution is 0.221. The summed E-state index contributed by atoms with van der Waals surface area (Å²) in [6.45, 7) is 8.37. The largest absolute Gasteiger partial charge is 0.498 e. The highest BCUT2D eigenvalue weighted by molar-refractivity contribution is 5.11. The minimum absolute atomic E-state index is 0.738. The highest BCUT2D eigenvalue weighted by Gasteiger charge is 1.88. The summed E-state index contributed by atoms with van der Waals surface area (Å²) in [6.07, 6.45) is 8.46. The summed E-state index contributed by atoms with van der Waals surface area (Å²) >= 11 is 0. The lowest BCUT2D eigenvalue weighted by atomic mass is 10.3. The van der Waals surface area contributed by atoms with Crippen LogP contribution in [0, 0.1) is 0 Å². The molecule has 0 radical (unpaired) electrons. The molecule has 0 spiro atoms. The quantitative estimate of drug-likeness (QED) is 0.434. The van der Waals surface area contributed by atoms with Crippen LogP contribution in [0.3, 0.4) is 0 Å². The zero-order valence-electron chi connectivity index (χ0n) is 7.34. The van der Waals surface area contributed by atoms with E-state index in [4.69, 9.17) is 4.74 Å². The molecule has 0 aromatic carbocycles. The molecule has 0 fully saturated rings. The van der Waals surface area contributed by atoms with Crippen LogP contribution in [-0.2, 0) is 4.74 Å². The van der Waals surface area contributed by atoms with E-state index in [2.05, 4.69) is 13.5 Å². The van der Waals surface area contributed by atoms with Crippen LogP contribution in [0.1, 0.15) is 20.3 Å². The second-order valence-electron chi connectivity index (χ2n) is 2.04. The van der Waals surface area contributed by atoms with Crippen molar-refractivity contribution in [1.82, 2.24) is 0 Å². The second-order valence-corrected chi connectivity index (χ2v) is 2.04. The van der Waals surface area contributed by atoms with Gasteiger partial charge in [0.2, 0.25) is 0 Å². The summed E-state index contributed by atoms with van der Waals surface area (Å²) in [7, 11) is 0. The fourth-order valence-electron chi connectivity index (χ4n) is 0.695. The average Bonchev–Trinajstić information content (AvgIpc) is 2.03. The molecule has 0 saturated heterocycles. The first kappa shape index (κ1) is 10.0. The molecule has 0 rings (SSSR count). The van der Waals surface area contributed by atoms with E-state index in [0.717, 1.165) is 18.8 Å². The van der Waals surface area contributed by atoms with Gasteiger partial charge in [-0.05, 0) is 13.0 Å². The standard InChI is InChI=1S/C10H16O/c1-4-7-8-9-10(5-2)11-6-3/h4,7-9H,1,5-6H2,2-3H3/b8-7-,10-9+. The Morgan fingerprint density at radius 1 is 1.36 bits per heavy atom. The molecule has 0 aromatic heterocycles. The predicted octanol–water partition coefficient (Wildman–Crippen LogP) is 3.06. The first-order valence-electron chi connectivity index (χ1n) is 3.96. The van der Waals surface area contributed by atoms with Crippen LogP contribution in [0.5, 0.6) is 0 Å². The molecule has 0 amide bonds. The van der Waals surface area contributed by atoms with Gasteiger partial charge in [0.25, 0.3) is 0 Å². The van der Waals surface area contributed by atoms with Gasteiger partial charge in [0.1, 0.15) is 0 Å². The van der Waals surface area contributed by atoms with Gasteiger partial charge in [-0.3, -0.25) is 0 Å². The van der Waals surface area contributed by atoms with Crippen molar-refractivity contribution >= 4 is 0 Å². The summed E-state index contributed by atoms with van der Waals surface area (Å²) in [5.74, 6) is 1.02. The third-order valence-electron chi connectivity index (χ3n) is 1.21. The highest BCUT2D eigenvalue weighted by atomic mass is 16.5. The SMILES string of the molecule is C=C/C=C\C=C(/CC)OCC. The van der Waals surface area contributed by atoms with E-state index in [0.29, 0.717) is 0 Å². The summed E-state index contributed by atoms with van der Waals surface area (Å²) in [5, 5.41) is 0. The summed E-state index contributed by atoms with van der Waals surface area (Å²) in [4.78, 5) is 0. The Morgan fingerprint density at radius 2 is 2.09 bits per heavy atom. The smallest absolute Gasteiger partial charge is 0.0956 e. The summed E-state index contributed by atoms with van der Waals surface area (Å²) in [6, 6.07) is 0. The molecule has 0 unspecified atom stereocenters. The molecule has 0 aliphatic heterocycles. The van der Waals surface area contributed by atoms with E-state index >= 15 is 0 Å². The Morgan fingerprint density at radius 3 is 2.55 bits per heavy atom. The molecule has 1 nitrogen and oxygen atoms in total. The van der Waals surface area contributed by atoms with Crippen molar-refractivity contribution in [2.24, 2.45) is 0 Å². The Hall–Kier alpha value is -0.980. The van der Waals surface area contributed by atoms with Crippen LogP contribution in [-0.4, -0.2) is 6.61 Å². The maximum atomic E-state index is 5.31. The molecule has 0 heterocycles. The third kappa shape index (κ3) is 5.46. The van der Waals surface area contributed by atoms with Gasteiger partial charge in [-0.25, -0.2) is 0 Å². The van der Waals surface area contributed by atoms with Gasteiger partial charge in [0, 0.05) is 6.42 Å². The second kappa shape index (κ2) is 7.13. The first-order chi connectivity index (χ1) is 5.35. The zero-order valence-corrected chi connectivity index (χ0v) is 7.34. The van der Waals surface area contributed by atoms with Crippen molar-refractivity contribution in [1.29, 1.82) is 0 Å². The normalized spacial score (nSPS) is 12.0. The molecular weight excluding hydrogens is 136 g/mol. The van der Waals surface area contributed by atoms with Crippen LogP contribution in [0.25, 0.3) is 0 Å². The van der Waals surface area contributed by atoms with E-state index in [-0.39, 0.29) is 0 Å². The van der Waals surface area contributed by atoms with Crippen molar-refractivity contribution in [3.63, 3.8) is 0 Å². The van der Waals surface area contributed by atoms with E-state index in [9.17, 15) is 0 Å². The van der Waals surface area contributed by atoms with E-state index < -0.39 is 0 Å². The Bertz CT molecular complexity index is 154. The molecule has 1 heteroatoms. The van der Waals surface area contributed by atoms with Crippen LogP contribution in [0.15, 0.2) is 36.6 Å². The minimum atomic E-state index is 0.738. The van der Waals surface area contributed by atoms with Crippen molar-refractivity contribution < 1.29 is 4.74 Å². The highest BCUT2D eigenvalue weighted by Crippen LogP contribution is 2.02. The molecule has 0 aromatic rings. The molecular formula is C10H16O. The summed E-state index contributed by atoms with van der Waals surface area (Å²) < 4.78 is 5.31. The molecule has 0 saturated carbocycles. The first-order valence-corrected chi connectivity index (χ1v) is 3.96. The Kier molecular flexibility index (Phi) is 6.50. The number of ether oxygens (including phenoxy) is 1. The molecule has 0 aliphatic rings. The van der Waals surface area contributed by atoms with Crippen molar-refractivity contribution in [3.05, 3.63) is 36.6 Å². The van der Waals surface area contributed by atoms with Crippen LogP contribution >= 0.6 is 0 Å². The maximum absolute atomic E-state index is 5.31. The third-order valence-corrected chi connectivity index (χ3v) is 1.21. The minimum Gasteiger partial charge on any atom is -0.498 e. The van der Waals surface area contributed by atoms with Gasteiger partial charge >= 0.3 is 0 Å². The number of allylic oxidation sites excluding steroid dienone is 5. The molecule has 62 valence electrons. The number of hydrogen-bond acceptors (Lipinski definition) is 1. The fraction of sp³-hybridized carbons (Fsp3) is 0.400. The van der Waals surface area contributed by atoms with Gasteiger partial charge in [-0.15, -0.1) is 0 Å². The van der Waals surface area contributed by atoms with Crippen molar-refractivity contribution in [2.45, 2.75) is 20.3 Å². The van der Waals surface area contributed by atoms with Gasteiger partial charge in [-0.1, -0.05) is 31.7 Å².